The number of ether oxygens (including phenoxy) is 4. The molecule has 8 nitrogen and oxygen atoms in total. The van der Waals surface area contributed by atoms with Gasteiger partial charge in [-0.2, -0.15) is 0 Å². The van der Waals surface area contributed by atoms with Crippen LogP contribution >= 0.6 is 46.3 Å². The third-order valence-corrected chi connectivity index (χ3v) is 8.93. The van der Waals surface area contributed by atoms with E-state index in [-0.39, 0.29) is 12.1 Å². The van der Waals surface area contributed by atoms with E-state index in [1.54, 1.807) is 30.1 Å². The van der Waals surface area contributed by atoms with Gasteiger partial charge in [0.1, 0.15) is 40.5 Å². The normalized spacial score (nSPS) is 27.6. The third kappa shape index (κ3) is 5.17. The van der Waals surface area contributed by atoms with E-state index in [4.69, 9.17) is 42.1 Å². The van der Waals surface area contributed by atoms with Crippen molar-refractivity contribution in [2.45, 2.75) is 41.0 Å². The predicted molar refractivity (Wildman–Crippen MR) is 142 cm³/mol. The molecular weight excluding hydrogens is 555 g/mol. The number of aromatic nitrogens is 4. The fourth-order valence-electron chi connectivity index (χ4n) is 4.56. The van der Waals surface area contributed by atoms with Gasteiger partial charge in [0.25, 0.3) is 0 Å². The van der Waals surface area contributed by atoms with Crippen molar-refractivity contribution >= 4 is 46.3 Å². The Bertz CT molecular complexity index is 1340. The Morgan fingerprint density at radius 3 is 2.78 bits per heavy atom. The molecule has 2 aliphatic heterocycles. The first-order valence-corrected chi connectivity index (χ1v) is 14.1. The lowest BCUT2D eigenvalue weighted by Gasteiger charge is -2.48. The van der Waals surface area contributed by atoms with E-state index >= 15 is 0 Å². The molecular formula is C25H22Cl2N4O4S2. The summed E-state index contributed by atoms with van der Waals surface area (Å²) in [7, 11) is 1.65. The maximum atomic E-state index is 6.53. The van der Waals surface area contributed by atoms with Crippen molar-refractivity contribution in [2.24, 2.45) is 0 Å². The molecule has 0 radical (unpaired) electrons. The van der Waals surface area contributed by atoms with Gasteiger partial charge in [-0.15, -0.1) is 16.4 Å². The molecule has 0 saturated carbocycles. The van der Waals surface area contributed by atoms with Crippen molar-refractivity contribution in [3.05, 3.63) is 81.9 Å². The first kappa shape index (κ1) is 25.3. The van der Waals surface area contributed by atoms with E-state index in [0.29, 0.717) is 22.3 Å². The lowest BCUT2D eigenvalue weighted by atomic mass is 9.96. The van der Waals surface area contributed by atoms with E-state index in [2.05, 4.69) is 15.3 Å². The molecule has 0 N–H and O–H groups in total. The van der Waals surface area contributed by atoms with Crippen LogP contribution in [0.5, 0.6) is 0 Å². The van der Waals surface area contributed by atoms with Gasteiger partial charge in [0.05, 0.1) is 17.8 Å². The van der Waals surface area contributed by atoms with Crippen LogP contribution in [0, 0.1) is 0 Å². The largest absolute Gasteiger partial charge is 0.375 e. The molecule has 2 aliphatic rings. The summed E-state index contributed by atoms with van der Waals surface area (Å²) < 4.78 is 27.0. The zero-order chi connectivity index (χ0) is 25.4. The molecule has 4 aromatic rings. The lowest BCUT2D eigenvalue weighted by molar-refractivity contribution is -0.308. The second kappa shape index (κ2) is 11.0. The van der Waals surface area contributed by atoms with Crippen LogP contribution in [0.2, 0.25) is 10.0 Å². The first-order valence-electron chi connectivity index (χ1n) is 11.5. The van der Waals surface area contributed by atoms with Crippen LogP contribution in [-0.2, 0) is 18.9 Å². The summed E-state index contributed by atoms with van der Waals surface area (Å²) in [6, 6.07) is 14.8. The molecule has 6 rings (SSSR count). The molecule has 4 heterocycles. The number of thiazole rings is 1. The van der Waals surface area contributed by atoms with Gasteiger partial charge in [-0.1, -0.05) is 70.5 Å². The molecule has 0 amide bonds. The molecule has 12 heteroatoms. The van der Waals surface area contributed by atoms with Gasteiger partial charge in [-0.3, -0.25) is 0 Å². The summed E-state index contributed by atoms with van der Waals surface area (Å²) >= 11 is 15.7. The Hall–Kier alpha value is -2.02. The lowest BCUT2D eigenvalue weighted by Crippen LogP contribution is -2.59. The molecule has 6 atom stereocenters. The molecule has 3 unspecified atom stereocenters. The maximum absolute atomic E-state index is 6.53. The summed E-state index contributed by atoms with van der Waals surface area (Å²) in [6.07, 6.45) is 1.83. The van der Waals surface area contributed by atoms with Gasteiger partial charge in [0.15, 0.2) is 6.29 Å². The summed E-state index contributed by atoms with van der Waals surface area (Å²) in [5, 5.41) is 12.7. The summed E-state index contributed by atoms with van der Waals surface area (Å²) in [5.41, 5.74) is 1.17. The van der Waals surface area contributed by atoms with Gasteiger partial charge in [0.2, 0.25) is 0 Å². The number of fused-ring (bicyclic) bond motifs is 1. The van der Waals surface area contributed by atoms with E-state index in [1.807, 2.05) is 48.0 Å². The van der Waals surface area contributed by atoms with Crippen molar-refractivity contribution in [1.82, 2.24) is 20.0 Å². The Morgan fingerprint density at radius 2 is 2.00 bits per heavy atom. The standard InChI is InChI=1S/C25H22Cl2N4O4S2/c1-32-22-20(31-12-17(29-30-31)23-28-9-10-36-23)21-18(13-33-24(35-21)14-5-3-2-4-6-14)34-25(22)37-19-11-15(26)7-8-16(19)27/h2-12,18,20-22,24-25H,13H2,1H3/t18?,20-,21-,22?,24?,25+/m0/s1. The Kier molecular flexibility index (Phi) is 7.51. The van der Waals surface area contributed by atoms with Crippen molar-refractivity contribution < 1.29 is 18.9 Å². The summed E-state index contributed by atoms with van der Waals surface area (Å²) in [6.45, 7) is 0.339. The molecule has 2 saturated heterocycles. The van der Waals surface area contributed by atoms with Crippen molar-refractivity contribution in [1.29, 1.82) is 0 Å². The number of halogens is 2. The molecule has 37 heavy (non-hydrogen) atoms. The van der Waals surface area contributed by atoms with E-state index in [9.17, 15) is 0 Å². The molecule has 2 aromatic carbocycles. The topological polar surface area (TPSA) is 80.5 Å². The average molecular weight is 578 g/mol. The summed E-state index contributed by atoms with van der Waals surface area (Å²) in [5.74, 6) is 0. The highest BCUT2D eigenvalue weighted by Gasteiger charge is 2.52. The number of methoxy groups -OCH3 is 1. The molecule has 2 fully saturated rings. The predicted octanol–water partition coefficient (Wildman–Crippen LogP) is 5.90. The van der Waals surface area contributed by atoms with Crippen molar-refractivity contribution in [3.63, 3.8) is 0 Å². The third-order valence-electron chi connectivity index (χ3n) is 6.26. The monoisotopic (exact) mass is 576 g/mol. The maximum Gasteiger partial charge on any atom is 0.184 e. The second-order valence-electron chi connectivity index (χ2n) is 8.52. The highest BCUT2D eigenvalue weighted by atomic mass is 35.5. The fourth-order valence-corrected chi connectivity index (χ4v) is 6.86. The number of benzene rings is 2. The zero-order valence-corrected chi connectivity index (χ0v) is 22.7. The van der Waals surface area contributed by atoms with Crippen molar-refractivity contribution in [3.8, 4) is 10.7 Å². The van der Waals surface area contributed by atoms with Crippen LogP contribution in [0.25, 0.3) is 10.7 Å². The average Bonchev–Trinajstić information content (AvgIpc) is 3.63. The minimum atomic E-state index is -0.542. The van der Waals surface area contributed by atoms with Crippen LogP contribution in [0.3, 0.4) is 0 Å². The highest BCUT2D eigenvalue weighted by molar-refractivity contribution is 8.00. The number of rotatable bonds is 6. The van der Waals surface area contributed by atoms with Gasteiger partial charge in [-0.25, -0.2) is 9.67 Å². The van der Waals surface area contributed by atoms with Gasteiger partial charge >= 0.3 is 0 Å². The number of hydrogen-bond acceptors (Lipinski definition) is 9. The Labute approximate surface area is 231 Å². The smallest absolute Gasteiger partial charge is 0.184 e. The van der Waals surface area contributed by atoms with Gasteiger partial charge in [0, 0.05) is 34.2 Å². The zero-order valence-electron chi connectivity index (χ0n) is 19.5. The Balaban J connectivity index is 1.36. The first-order chi connectivity index (χ1) is 18.1. The van der Waals surface area contributed by atoms with Crippen LogP contribution in [0.4, 0.5) is 0 Å². The highest BCUT2D eigenvalue weighted by Crippen LogP contribution is 2.45. The molecule has 0 bridgehead atoms. The van der Waals surface area contributed by atoms with E-state index in [0.717, 1.165) is 15.5 Å². The number of hydrogen-bond donors (Lipinski definition) is 0. The summed E-state index contributed by atoms with van der Waals surface area (Å²) in [4.78, 5) is 5.16. The minimum absolute atomic E-state index is 0.339. The van der Waals surface area contributed by atoms with Crippen LogP contribution in [0.1, 0.15) is 17.9 Å². The second-order valence-corrected chi connectivity index (χ2v) is 11.4. The quantitative estimate of drug-likeness (QED) is 0.281. The molecule has 192 valence electrons. The molecule has 0 spiro atoms. The van der Waals surface area contributed by atoms with Gasteiger partial charge < -0.3 is 18.9 Å². The van der Waals surface area contributed by atoms with Gasteiger partial charge in [-0.05, 0) is 18.2 Å². The van der Waals surface area contributed by atoms with Crippen molar-refractivity contribution in [2.75, 3.05) is 13.7 Å². The Morgan fingerprint density at radius 1 is 1.14 bits per heavy atom. The van der Waals surface area contributed by atoms with Crippen LogP contribution < -0.4 is 0 Å². The SMILES string of the molecule is COC1[C@@H](Sc2cc(Cl)ccc2Cl)OC2COC(c3ccccc3)O[C@@H]2[C@@H]1n1cc(-c2nccs2)nn1. The fraction of sp³-hybridized carbons (Fsp3) is 0.320. The van der Waals surface area contributed by atoms with E-state index < -0.39 is 23.9 Å². The minimum Gasteiger partial charge on any atom is -0.375 e. The number of nitrogens with zero attached hydrogens (tertiary/aromatic N) is 4. The van der Waals surface area contributed by atoms with Crippen LogP contribution in [-0.4, -0.2) is 57.4 Å². The van der Waals surface area contributed by atoms with Crippen LogP contribution in [0.15, 0.2) is 71.2 Å². The number of thioether (sulfide) groups is 1. The molecule has 0 aliphatic carbocycles. The molecule has 2 aromatic heterocycles. The van der Waals surface area contributed by atoms with E-state index in [1.165, 1.54) is 23.1 Å².